The number of nitrogens with zero attached hydrogens (tertiary/aromatic N) is 1. The van der Waals surface area contributed by atoms with E-state index >= 15 is 0 Å². The second kappa shape index (κ2) is 8.02. The molecule has 2 aromatic carbocycles. The van der Waals surface area contributed by atoms with Gasteiger partial charge in [-0.1, -0.05) is 60.1 Å². The van der Waals surface area contributed by atoms with E-state index in [9.17, 15) is 4.79 Å². The summed E-state index contributed by atoms with van der Waals surface area (Å²) < 4.78 is 0. The molecule has 2 rings (SSSR count). The number of nitrogens with one attached hydrogen (secondary N) is 1. The Morgan fingerprint density at radius 2 is 1.82 bits per heavy atom. The summed E-state index contributed by atoms with van der Waals surface area (Å²) in [5, 5.41) is 12.4. The predicted octanol–water partition coefficient (Wildman–Crippen LogP) is 3.61. The minimum Gasteiger partial charge on any atom is -0.351 e. The summed E-state index contributed by atoms with van der Waals surface area (Å²) in [7, 11) is 0. The molecular weight excluding hydrogens is 296 g/mol. The molecule has 0 aromatic heterocycles. The van der Waals surface area contributed by atoms with Crippen molar-refractivity contribution < 1.29 is 4.79 Å². The van der Waals surface area contributed by atoms with Gasteiger partial charge in [0, 0.05) is 11.6 Å². The fraction of sp³-hybridized carbons (Fsp3) is 0.111. The van der Waals surface area contributed by atoms with Crippen molar-refractivity contribution in [2.75, 3.05) is 6.54 Å². The minimum absolute atomic E-state index is 0.0427. The first kappa shape index (κ1) is 15.8. The maximum Gasteiger partial charge on any atom is 0.261 e. The first-order valence-corrected chi connectivity index (χ1v) is 7.27. The highest BCUT2D eigenvalue weighted by Crippen LogP contribution is 2.18. The van der Waals surface area contributed by atoms with E-state index in [0.29, 0.717) is 17.1 Å². The number of carbonyl (C=O) groups is 1. The van der Waals surface area contributed by atoms with Crippen LogP contribution in [-0.2, 0) is 11.2 Å². The quantitative estimate of drug-likeness (QED) is 0.677. The van der Waals surface area contributed by atoms with Crippen LogP contribution in [0.1, 0.15) is 11.1 Å². The largest absolute Gasteiger partial charge is 0.351 e. The zero-order valence-electron chi connectivity index (χ0n) is 11.9. The standard InChI is InChI=1S/C18H15ClN2O/c19-17-9-5-4-8-15(17)12-16(13-20)18(22)21-11-10-14-6-2-1-3-7-14/h1-9,12H,10-11H2,(H,21,22)/b16-12-. The molecule has 0 saturated carbocycles. The molecule has 0 aliphatic rings. The molecule has 0 radical (unpaired) electrons. The van der Waals surface area contributed by atoms with Crippen molar-refractivity contribution in [1.82, 2.24) is 5.32 Å². The Balaban J connectivity index is 1.98. The van der Waals surface area contributed by atoms with Crippen LogP contribution >= 0.6 is 11.6 Å². The van der Waals surface area contributed by atoms with Crippen molar-refractivity contribution >= 4 is 23.6 Å². The first-order valence-electron chi connectivity index (χ1n) is 6.89. The van der Waals surface area contributed by atoms with Gasteiger partial charge in [-0.2, -0.15) is 5.26 Å². The highest BCUT2D eigenvalue weighted by molar-refractivity contribution is 6.32. The molecule has 22 heavy (non-hydrogen) atoms. The maximum absolute atomic E-state index is 12.0. The lowest BCUT2D eigenvalue weighted by atomic mass is 10.1. The molecule has 0 atom stereocenters. The summed E-state index contributed by atoms with van der Waals surface area (Å²) in [6, 6.07) is 18.8. The van der Waals surface area contributed by atoms with E-state index in [4.69, 9.17) is 16.9 Å². The van der Waals surface area contributed by atoms with Crippen molar-refractivity contribution in [3.63, 3.8) is 0 Å². The molecule has 0 aliphatic carbocycles. The van der Waals surface area contributed by atoms with Gasteiger partial charge in [-0.15, -0.1) is 0 Å². The van der Waals surface area contributed by atoms with E-state index in [1.54, 1.807) is 24.3 Å². The average Bonchev–Trinajstić information content (AvgIpc) is 2.55. The smallest absolute Gasteiger partial charge is 0.261 e. The van der Waals surface area contributed by atoms with Crippen LogP contribution in [0.25, 0.3) is 6.08 Å². The van der Waals surface area contributed by atoms with Crippen molar-refractivity contribution in [3.8, 4) is 6.07 Å². The van der Waals surface area contributed by atoms with Gasteiger partial charge in [-0.25, -0.2) is 0 Å². The molecule has 0 heterocycles. The zero-order chi connectivity index (χ0) is 15.8. The van der Waals surface area contributed by atoms with Crippen LogP contribution in [0, 0.1) is 11.3 Å². The SMILES string of the molecule is N#C/C(=C/c1ccccc1Cl)C(=O)NCCc1ccccc1. The molecule has 0 saturated heterocycles. The number of nitriles is 1. The summed E-state index contributed by atoms with van der Waals surface area (Å²) in [4.78, 5) is 12.0. The number of halogens is 1. The number of amides is 1. The van der Waals surface area contributed by atoms with Crippen LogP contribution < -0.4 is 5.32 Å². The Morgan fingerprint density at radius 1 is 1.14 bits per heavy atom. The monoisotopic (exact) mass is 310 g/mol. The Labute approximate surface area is 134 Å². The molecule has 3 nitrogen and oxygen atoms in total. The van der Waals surface area contributed by atoms with Crippen LogP contribution in [0.15, 0.2) is 60.2 Å². The zero-order valence-corrected chi connectivity index (χ0v) is 12.7. The first-order chi connectivity index (χ1) is 10.7. The molecule has 1 N–H and O–H groups in total. The Hall–Kier alpha value is -2.57. The van der Waals surface area contributed by atoms with E-state index < -0.39 is 5.91 Å². The number of carbonyl (C=O) groups excluding carboxylic acids is 1. The van der Waals surface area contributed by atoms with Gasteiger partial charge in [-0.3, -0.25) is 4.79 Å². The Bertz CT molecular complexity index is 717. The molecule has 0 fully saturated rings. The van der Waals surface area contributed by atoms with E-state index in [-0.39, 0.29) is 5.57 Å². The van der Waals surface area contributed by atoms with Gasteiger partial charge < -0.3 is 5.32 Å². The maximum atomic E-state index is 12.0. The second-order valence-electron chi connectivity index (χ2n) is 4.68. The third-order valence-corrected chi connectivity index (χ3v) is 3.46. The highest BCUT2D eigenvalue weighted by Gasteiger charge is 2.09. The molecule has 1 amide bonds. The van der Waals surface area contributed by atoms with Crippen molar-refractivity contribution in [2.24, 2.45) is 0 Å². The van der Waals surface area contributed by atoms with Crippen molar-refractivity contribution in [2.45, 2.75) is 6.42 Å². The van der Waals surface area contributed by atoms with E-state index in [1.165, 1.54) is 6.08 Å². The topological polar surface area (TPSA) is 52.9 Å². The van der Waals surface area contributed by atoms with Gasteiger partial charge in [0.15, 0.2) is 0 Å². The lowest BCUT2D eigenvalue weighted by Crippen LogP contribution is -2.26. The van der Waals surface area contributed by atoms with E-state index in [2.05, 4.69) is 5.32 Å². The summed E-state index contributed by atoms with van der Waals surface area (Å²) in [5.74, 6) is -0.390. The van der Waals surface area contributed by atoms with Gasteiger partial charge in [-0.05, 0) is 29.7 Å². The molecule has 0 spiro atoms. The van der Waals surface area contributed by atoms with Crippen LogP contribution in [0.4, 0.5) is 0 Å². The predicted molar refractivity (Wildman–Crippen MR) is 88.2 cm³/mol. The lowest BCUT2D eigenvalue weighted by Gasteiger charge is -2.05. The number of rotatable bonds is 5. The van der Waals surface area contributed by atoms with Crippen LogP contribution in [0.5, 0.6) is 0 Å². The molecular formula is C18H15ClN2O. The highest BCUT2D eigenvalue weighted by atomic mass is 35.5. The molecule has 2 aromatic rings. The fourth-order valence-electron chi connectivity index (χ4n) is 1.96. The molecule has 110 valence electrons. The van der Waals surface area contributed by atoms with Gasteiger partial charge in [0.05, 0.1) is 0 Å². The van der Waals surface area contributed by atoms with Gasteiger partial charge in [0.1, 0.15) is 11.6 Å². The van der Waals surface area contributed by atoms with Crippen LogP contribution in [-0.4, -0.2) is 12.5 Å². The van der Waals surface area contributed by atoms with Gasteiger partial charge >= 0.3 is 0 Å². The summed E-state index contributed by atoms with van der Waals surface area (Å²) in [6.45, 7) is 0.477. The third kappa shape index (κ3) is 4.47. The van der Waals surface area contributed by atoms with Gasteiger partial charge in [0.25, 0.3) is 5.91 Å². The molecule has 4 heteroatoms. The van der Waals surface area contributed by atoms with Crippen LogP contribution in [0.3, 0.4) is 0 Å². The molecule has 0 bridgehead atoms. The lowest BCUT2D eigenvalue weighted by molar-refractivity contribution is -0.117. The summed E-state index contributed by atoms with van der Waals surface area (Å²) in [5.41, 5.74) is 1.83. The Kier molecular flexibility index (Phi) is 5.76. The van der Waals surface area contributed by atoms with Crippen molar-refractivity contribution in [1.29, 1.82) is 5.26 Å². The van der Waals surface area contributed by atoms with Crippen LogP contribution in [0.2, 0.25) is 5.02 Å². The van der Waals surface area contributed by atoms with Crippen molar-refractivity contribution in [3.05, 3.63) is 76.3 Å². The summed E-state index contributed by atoms with van der Waals surface area (Å²) in [6.07, 6.45) is 2.22. The number of hydrogen-bond donors (Lipinski definition) is 1. The van der Waals surface area contributed by atoms with E-state index in [0.717, 1.165) is 12.0 Å². The molecule has 0 aliphatic heterocycles. The number of hydrogen-bond acceptors (Lipinski definition) is 2. The fourth-order valence-corrected chi connectivity index (χ4v) is 2.15. The second-order valence-corrected chi connectivity index (χ2v) is 5.09. The van der Waals surface area contributed by atoms with E-state index in [1.807, 2.05) is 36.4 Å². The normalized spacial score (nSPS) is 10.8. The minimum atomic E-state index is -0.390. The Morgan fingerprint density at radius 3 is 2.50 bits per heavy atom. The number of benzene rings is 2. The van der Waals surface area contributed by atoms with Gasteiger partial charge in [0.2, 0.25) is 0 Å². The summed E-state index contributed by atoms with van der Waals surface area (Å²) >= 11 is 6.03. The molecule has 0 unspecified atom stereocenters. The third-order valence-electron chi connectivity index (χ3n) is 3.11. The average molecular weight is 311 g/mol.